The van der Waals surface area contributed by atoms with Crippen molar-refractivity contribution < 1.29 is 4.79 Å². The molecule has 0 bridgehead atoms. The van der Waals surface area contributed by atoms with Gasteiger partial charge in [0.15, 0.2) is 0 Å². The Balaban J connectivity index is 2.45. The molecule has 90 valence electrons. The summed E-state index contributed by atoms with van der Waals surface area (Å²) in [6.45, 7) is 8.01. The molecule has 0 aromatic carbocycles. The van der Waals surface area contributed by atoms with Crippen LogP contribution < -0.4 is 5.32 Å². The van der Waals surface area contributed by atoms with Gasteiger partial charge in [-0.25, -0.2) is 4.98 Å². The second-order valence-electron chi connectivity index (χ2n) is 4.66. The summed E-state index contributed by atoms with van der Waals surface area (Å²) in [6, 6.07) is 0.508. The van der Waals surface area contributed by atoms with Gasteiger partial charge in [0.1, 0.15) is 0 Å². The summed E-state index contributed by atoms with van der Waals surface area (Å²) in [7, 11) is 0. The van der Waals surface area contributed by atoms with E-state index in [0.717, 1.165) is 6.42 Å². The topological polar surface area (TPSA) is 46.9 Å². The first kappa shape index (κ1) is 12.7. The van der Waals surface area contributed by atoms with E-state index in [1.807, 2.05) is 31.5 Å². The van der Waals surface area contributed by atoms with E-state index in [9.17, 15) is 4.79 Å². The molecule has 0 aliphatic carbocycles. The first-order valence-electron chi connectivity index (χ1n) is 5.78. The summed E-state index contributed by atoms with van der Waals surface area (Å²) < 4.78 is 2.03. The van der Waals surface area contributed by atoms with E-state index < -0.39 is 0 Å². The number of hydrogen-bond acceptors (Lipinski definition) is 2. The van der Waals surface area contributed by atoms with Crippen LogP contribution in [0.4, 0.5) is 0 Å². The number of aromatic nitrogens is 2. The number of carbonyl (C=O) groups excluding carboxylic acids is 1. The van der Waals surface area contributed by atoms with Gasteiger partial charge in [0.05, 0.1) is 6.33 Å². The smallest absolute Gasteiger partial charge is 0.223 e. The Bertz CT molecular complexity index is 319. The summed E-state index contributed by atoms with van der Waals surface area (Å²) in [6.07, 6.45) is 6.31. The van der Waals surface area contributed by atoms with Gasteiger partial charge in [-0.1, -0.05) is 6.92 Å². The minimum absolute atomic E-state index is 0.0276. The molecule has 1 N–H and O–H groups in total. The van der Waals surface area contributed by atoms with Gasteiger partial charge in [0.25, 0.3) is 0 Å². The largest absolute Gasteiger partial charge is 0.354 e. The molecule has 0 radical (unpaired) electrons. The lowest BCUT2D eigenvalue weighted by molar-refractivity contribution is -0.125. The summed E-state index contributed by atoms with van der Waals surface area (Å²) >= 11 is 0. The molecular weight excluding hydrogens is 202 g/mol. The van der Waals surface area contributed by atoms with E-state index in [1.165, 1.54) is 0 Å². The highest BCUT2D eigenvalue weighted by atomic mass is 16.1. The summed E-state index contributed by atoms with van der Waals surface area (Å²) in [4.78, 5) is 15.7. The lowest BCUT2D eigenvalue weighted by Crippen LogP contribution is -2.35. The first-order valence-corrected chi connectivity index (χ1v) is 5.78. The van der Waals surface area contributed by atoms with Crippen LogP contribution in [0.2, 0.25) is 0 Å². The molecule has 16 heavy (non-hydrogen) atoms. The van der Waals surface area contributed by atoms with Gasteiger partial charge < -0.3 is 9.88 Å². The van der Waals surface area contributed by atoms with Crippen LogP contribution in [-0.2, 0) is 4.79 Å². The van der Waals surface area contributed by atoms with Gasteiger partial charge in [0, 0.05) is 30.4 Å². The highest BCUT2D eigenvalue weighted by Gasteiger charge is 2.17. The SMILES string of the molecule is CC(C)NC(=O)C(C)CC(C)n1ccnc1. The van der Waals surface area contributed by atoms with Crippen LogP contribution in [0.3, 0.4) is 0 Å². The molecule has 1 aromatic rings. The lowest BCUT2D eigenvalue weighted by Gasteiger charge is -2.19. The normalized spacial score (nSPS) is 14.8. The van der Waals surface area contributed by atoms with Gasteiger partial charge in [-0.15, -0.1) is 0 Å². The van der Waals surface area contributed by atoms with Gasteiger partial charge in [-0.05, 0) is 27.2 Å². The molecule has 0 spiro atoms. The van der Waals surface area contributed by atoms with E-state index in [0.29, 0.717) is 6.04 Å². The summed E-state index contributed by atoms with van der Waals surface area (Å²) in [5.74, 6) is 0.154. The number of nitrogens with zero attached hydrogens (tertiary/aromatic N) is 2. The van der Waals surface area contributed by atoms with Crippen molar-refractivity contribution in [1.29, 1.82) is 0 Å². The number of imidazole rings is 1. The van der Waals surface area contributed by atoms with E-state index in [2.05, 4.69) is 17.2 Å². The van der Waals surface area contributed by atoms with Crippen molar-refractivity contribution in [3.63, 3.8) is 0 Å². The molecule has 0 aliphatic rings. The van der Waals surface area contributed by atoms with Crippen molar-refractivity contribution >= 4 is 5.91 Å². The minimum Gasteiger partial charge on any atom is -0.354 e. The third kappa shape index (κ3) is 3.68. The van der Waals surface area contributed by atoms with Crippen molar-refractivity contribution in [2.45, 2.75) is 46.2 Å². The maximum atomic E-state index is 11.7. The Morgan fingerprint density at radius 3 is 2.56 bits per heavy atom. The number of hydrogen-bond donors (Lipinski definition) is 1. The van der Waals surface area contributed by atoms with Gasteiger partial charge >= 0.3 is 0 Å². The maximum Gasteiger partial charge on any atom is 0.223 e. The summed E-state index contributed by atoms with van der Waals surface area (Å²) in [5, 5.41) is 2.93. The van der Waals surface area contributed by atoms with Crippen molar-refractivity contribution in [2.75, 3.05) is 0 Å². The molecule has 0 saturated carbocycles. The van der Waals surface area contributed by atoms with Crippen molar-refractivity contribution in [1.82, 2.24) is 14.9 Å². The van der Waals surface area contributed by atoms with Crippen LogP contribution in [-0.4, -0.2) is 21.5 Å². The van der Waals surface area contributed by atoms with Crippen molar-refractivity contribution in [2.24, 2.45) is 5.92 Å². The fraction of sp³-hybridized carbons (Fsp3) is 0.667. The monoisotopic (exact) mass is 223 g/mol. The molecular formula is C12H21N3O. The van der Waals surface area contributed by atoms with E-state index >= 15 is 0 Å². The number of nitrogens with one attached hydrogen (secondary N) is 1. The van der Waals surface area contributed by atoms with Crippen LogP contribution in [0, 0.1) is 5.92 Å². The zero-order chi connectivity index (χ0) is 12.1. The average molecular weight is 223 g/mol. The quantitative estimate of drug-likeness (QED) is 0.830. The van der Waals surface area contributed by atoms with E-state index in [-0.39, 0.29) is 17.9 Å². The number of rotatable bonds is 5. The standard InChI is InChI=1S/C12H21N3O/c1-9(2)14-12(16)10(3)7-11(4)15-6-5-13-8-15/h5-6,8-11H,7H2,1-4H3,(H,14,16). The second kappa shape index (κ2) is 5.68. The van der Waals surface area contributed by atoms with Crippen molar-refractivity contribution in [3.05, 3.63) is 18.7 Å². The maximum absolute atomic E-state index is 11.7. The van der Waals surface area contributed by atoms with Gasteiger partial charge in [0.2, 0.25) is 5.91 Å². The van der Waals surface area contributed by atoms with Crippen molar-refractivity contribution in [3.8, 4) is 0 Å². The van der Waals surface area contributed by atoms with Crippen LogP contribution in [0.15, 0.2) is 18.7 Å². The lowest BCUT2D eigenvalue weighted by atomic mass is 10.0. The Morgan fingerprint density at radius 1 is 1.38 bits per heavy atom. The second-order valence-corrected chi connectivity index (χ2v) is 4.66. The van der Waals surface area contributed by atoms with E-state index in [4.69, 9.17) is 0 Å². The summed E-state index contributed by atoms with van der Waals surface area (Å²) in [5.41, 5.74) is 0. The molecule has 4 nitrogen and oxygen atoms in total. The molecule has 2 atom stereocenters. The zero-order valence-corrected chi connectivity index (χ0v) is 10.5. The molecule has 1 aromatic heterocycles. The molecule has 0 saturated heterocycles. The molecule has 4 heteroatoms. The first-order chi connectivity index (χ1) is 7.50. The average Bonchev–Trinajstić information content (AvgIpc) is 2.68. The number of carbonyl (C=O) groups is 1. The van der Waals surface area contributed by atoms with Gasteiger partial charge in [-0.3, -0.25) is 4.79 Å². The molecule has 1 amide bonds. The van der Waals surface area contributed by atoms with Crippen LogP contribution >= 0.6 is 0 Å². The molecule has 2 unspecified atom stereocenters. The van der Waals surface area contributed by atoms with E-state index in [1.54, 1.807) is 12.5 Å². The predicted octanol–water partition coefficient (Wildman–Crippen LogP) is 1.99. The van der Waals surface area contributed by atoms with Gasteiger partial charge in [-0.2, -0.15) is 0 Å². The van der Waals surface area contributed by atoms with Crippen LogP contribution in [0.5, 0.6) is 0 Å². The highest BCUT2D eigenvalue weighted by molar-refractivity contribution is 5.78. The Hall–Kier alpha value is -1.32. The highest BCUT2D eigenvalue weighted by Crippen LogP contribution is 2.16. The fourth-order valence-corrected chi connectivity index (χ4v) is 1.70. The fourth-order valence-electron chi connectivity index (χ4n) is 1.70. The predicted molar refractivity (Wildman–Crippen MR) is 64.0 cm³/mol. The Labute approximate surface area is 97.1 Å². The molecule has 1 rings (SSSR count). The van der Waals surface area contributed by atoms with Crippen LogP contribution in [0.25, 0.3) is 0 Å². The molecule has 1 heterocycles. The Morgan fingerprint density at radius 2 is 2.06 bits per heavy atom. The zero-order valence-electron chi connectivity index (χ0n) is 10.5. The third-order valence-electron chi connectivity index (χ3n) is 2.61. The molecule has 0 fully saturated rings. The van der Waals surface area contributed by atoms with Crippen LogP contribution in [0.1, 0.15) is 40.2 Å². The number of amides is 1. The Kier molecular flexibility index (Phi) is 4.52. The third-order valence-corrected chi connectivity index (χ3v) is 2.61. The minimum atomic E-state index is 0.0276. The molecule has 0 aliphatic heterocycles.